The molecule has 3 heterocycles. The van der Waals surface area contributed by atoms with Gasteiger partial charge in [-0.25, -0.2) is 0 Å². The average Bonchev–Trinajstić information content (AvgIpc) is 3.10. The lowest BCUT2D eigenvalue weighted by atomic mass is 9.99. The van der Waals surface area contributed by atoms with Crippen LogP contribution in [0, 0.1) is 5.92 Å². The van der Waals surface area contributed by atoms with Crippen molar-refractivity contribution < 1.29 is 14.3 Å². The molecule has 35 heavy (non-hydrogen) atoms. The number of ether oxygens (including phenoxy) is 2. The van der Waals surface area contributed by atoms with Gasteiger partial charge in [-0.1, -0.05) is 23.7 Å². The quantitative estimate of drug-likeness (QED) is 0.493. The molecule has 0 saturated carbocycles. The second-order valence-electron chi connectivity index (χ2n) is 9.37. The Labute approximate surface area is 211 Å². The third-order valence-electron chi connectivity index (χ3n) is 6.65. The number of fused-ring (bicyclic) bond motifs is 1. The van der Waals surface area contributed by atoms with Gasteiger partial charge in [-0.3, -0.25) is 9.78 Å². The lowest BCUT2D eigenvalue weighted by Gasteiger charge is -2.29. The van der Waals surface area contributed by atoms with E-state index in [9.17, 15) is 4.79 Å². The lowest BCUT2D eigenvalue weighted by molar-refractivity contribution is 0.0732. The summed E-state index contributed by atoms with van der Waals surface area (Å²) >= 11 is 6.29. The number of aromatic nitrogens is 1. The number of hydrogen-bond donors (Lipinski definition) is 0. The van der Waals surface area contributed by atoms with E-state index in [1.54, 1.807) is 24.5 Å². The Balaban J connectivity index is 1.47. The fraction of sp³-hybridized carbons (Fsp3) is 0.357. The Kier molecular flexibility index (Phi) is 7.21. The Morgan fingerprint density at radius 3 is 2.89 bits per heavy atom. The highest BCUT2D eigenvalue weighted by molar-refractivity contribution is 6.30. The fourth-order valence-corrected chi connectivity index (χ4v) is 5.08. The van der Waals surface area contributed by atoms with E-state index >= 15 is 0 Å². The van der Waals surface area contributed by atoms with Crippen LogP contribution in [0.15, 0.2) is 60.9 Å². The van der Waals surface area contributed by atoms with E-state index in [1.165, 1.54) is 6.42 Å². The van der Waals surface area contributed by atoms with Crippen LogP contribution in [-0.4, -0.2) is 60.6 Å². The standard InChI is InChI=1S/C28H30ClN3O3/c1-31-10-4-5-20(17-31)19-35-26-15-23(21-6-2-8-25(29)14-21)13-24-18-32(11-12-34-27(24)26)28(33)22-7-3-9-30-16-22/h2-3,6-9,13-16,20H,4-5,10-12,17-19H2,1H3/t20-/m1/s1. The molecule has 0 unspecified atom stereocenters. The number of hydrogen-bond acceptors (Lipinski definition) is 5. The fourth-order valence-electron chi connectivity index (χ4n) is 4.89. The van der Waals surface area contributed by atoms with Crippen molar-refractivity contribution in [2.24, 2.45) is 5.92 Å². The Bertz CT molecular complexity index is 1190. The van der Waals surface area contributed by atoms with Crippen LogP contribution in [0.1, 0.15) is 28.8 Å². The van der Waals surface area contributed by atoms with E-state index in [0.717, 1.165) is 47.7 Å². The van der Waals surface area contributed by atoms with E-state index in [2.05, 4.69) is 23.0 Å². The average molecular weight is 492 g/mol. The number of benzene rings is 2. The van der Waals surface area contributed by atoms with E-state index in [-0.39, 0.29) is 5.91 Å². The lowest BCUT2D eigenvalue weighted by Crippen LogP contribution is -2.34. The second kappa shape index (κ2) is 10.7. The number of likely N-dealkylation sites (tertiary alicyclic amines) is 1. The van der Waals surface area contributed by atoms with E-state index in [1.807, 2.05) is 35.2 Å². The number of rotatable bonds is 5. The molecule has 0 N–H and O–H groups in total. The summed E-state index contributed by atoms with van der Waals surface area (Å²) in [6.45, 7) is 4.13. The van der Waals surface area contributed by atoms with E-state index in [4.69, 9.17) is 21.1 Å². The maximum atomic E-state index is 13.2. The molecule has 3 aromatic rings. The van der Waals surface area contributed by atoms with Gasteiger partial charge in [0, 0.05) is 42.0 Å². The molecule has 0 radical (unpaired) electrons. The largest absolute Gasteiger partial charge is 0.489 e. The van der Waals surface area contributed by atoms with Crippen molar-refractivity contribution in [1.82, 2.24) is 14.8 Å². The van der Waals surface area contributed by atoms with Gasteiger partial charge in [0.2, 0.25) is 0 Å². The summed E-state index contributed by atoms with van der Waals surface area (Å²) < 4.78 is 12.6. The first kappa shape index (κ1) is 23.6. The SMILES string of the molecule is CN1CCC[C@@H](COc2cc(-c3cccc(Cl)c3)cc3c2OCCN(C(=O)c2cccnc2)C3)C1. The molecule has 0 bridgehead atoms. The van der Waals surface area contributed by atoms with Crippen LogP contribution in [0.3, 0.4) is 0 Å². The van der Waals surface area contributed by atoms with Crippen molar-refractivity contribution in [1.29, 1.82) is 0 Å². The van der Waals surface area contributed by atoms with Gasteiger partial charge in [0.1, 0.15) is 6.61 Å². The summed E-state index contributed by atoms with van der Waals surface area (Å²) in [5, 5.41) is 0.676. The van der Waals surface area contributed by atoms with Crippen molar-refractivity contribution in [3.05, 3.63) is 77.1 Å². The van der Waals surface area contributed by atoms with Crippen LogP contribution in [0.4, 0.5) is 0 Å². The molecular formula is C28H30ClN3O3. The number of carbonyl (C=O) groups is 1. The Hall–Kier alpha value is -3.09. The molecule has 0 spiro atoms. The number of halogens is 1. The van der Waals surface area contributed by atoms with Gasteiger partial charge in [-0.2, -0.15) is 0 Å². The molecule has 1 atom stereocenters. The predicted octanol–water partition coefficient (Wildman–Crippen LogP) is 5.16. The van der Waals surface area contributed by atoms with Crippen molar-refractivity contribution in [3.63, 3.8) is 0 Å². The number of piperidine rings is 1. The molecule has 1 aromatic heterocycles. The van der Waals surface area contributed by atoms with Gasteiger partial charge in [-0.15, -0.1) is 0 Å². The predicted molar refractivity (Wildman–Crippen MR) is 137 cm³/mol. The minimum atomic E-state index is -0.0598. The number of pyridine rings is 1. The highest BCUT2D eigenvalue weighted by Crippen LogP contribution is 2.39. The molecule has 2 aromatic carbocycles. The maximum Gasteiger partial charge on any atom is 0.255 e. The van der Waals surface area contributed by atoms with Crippen LogP contribution in [-0.2, 0) is 6.54 Å². The summed E-state index contributed by atoms with van der Waals surface area (Å²) in [7, 11) is 2.16. The third-order valence-corrected chi connectivity index (χ3v) is 6.89. The second-order valence-corrected chi connectivity index (χ2v) is 9.81. The zero-order valence-electron chi connectivity index (χ0n) is 20.0. The molecule has 5 rings (SSSR count). The normalized spacial score (nSPS) is 18.3. The molecule has 7 heteroatoms. The van der Waals surface area contributed by atoms with Crippen molar-refractivity contribution in [2.45, 2.75) is 19.4 Å². The van der Waals surface area contributed by atoms with Crippen LogP contribution >= 0.6 is 11.6 Å². The van der Waals surface area contributed by atoms with Gasteiger partial charge < -0.3 is 19.3 Å². The van der Waals surface area contributed by atoms with E-state index in [0.29, 0.717) is 42.8 Å². The van der Waals surface area contributed by atoms with Crippen molar-refractivity contribution in [2.75, 3.05) is 39.9 Å². The molecule has 2 aliphatic rings. The van der Waals surface area contributed by atoms with E-state index < -0.39 is 0 Å². The zero-order chi connectivity index (χ0) is 24.2. The topological polar surface area (TPSA) is 54.9 Å². The Morgan fingerprint density at radius 1 is 1.17 bits per heavy atom. The summed E-state index contributed by atoms with van der Waals surface area (Å²) in [4.78, 5) is 21.5. The highest BCUT2D eigenvalue weighted by atomic mass is 35.5. The molecule has 1 amide bonds. The number of amides is 1. The van der Waals surface area contributed by atoms with Gasteiger partial charge >= 0.3 is 0 Å². The first-order chi connectivity index (χ1) is 17.1. The van der Waals surface area contributed by atoms with Crippen molar-refractivity contribution in [3.8, 4) is 22.6 Å². The van der Waals surface area contributed by atoms with Crippen molar-refractivity contribution >= 4 is 17.5 Å². The van der Waals surface area contributed by atoms with Crippen LogP contribution < -0.4 is 9.47 Å². The van der Waals surface area contributed by atoms with Gasteiger partial charge in [0.15, 0.2) is 11.5 Å². The zero-order valence-corrected chi connectivity index (χ0v) is 20.7. The molecule has 182 valence electrons. The summed E-state index contributed by atoms with van der Waals surface area (Å²) in [6.07, 6.45) is 5.62. The maximum absolute atomic E-state index is 13.2. The summed E-state index contributed by atoms with van der Waals surface area (Å²) in [5.74, 6) is 1.87. The number of nitrogens with zero attached hydrogens (tertiary/aromatic N) is 3. The van der Waals surface area contributed by atoms with Gasteiger partial charge in [-0.05, 0) is 74.0 Å². The molecule has 1 saturated heterocycles. The third kappa shape index (κ3) is 5.60. The van der Waals surface area contributed by atoms with Gasteiger partial charge in [0.25, 0.3) is 5.91 Å². The summed E-state index contributed by atoms with van der Waals surface area (Å²) in [5.41, 5.74) is 3.48. The first-order valence-electron chi connectivity index (χ1n) is 12.1. The highest BCUT2D eigenvalue weighted by Gasteiger charge is 2.26. The summed E-state index contributed by atoms with van der Waals surface area (Å²) in [6, 6.07) is 15.5. The van der Waals surface area contributed by atoms with Crippen LogP contribution in [0.2, 0.25) is 5.02 Å². The number of carbonyl (C=O) groups excluding carboxylic acids is 1. The minimum absolute atomic E-state index is 0.0598. The smallest absolute Gasteiger partial charge is 0.255 e. The van der Waals surface area contributed by atoms with Crippen LogP contribution in [0.5, 0.6) is 11.5 Å². The van der Waals surface area contributed by atoms with Crippen LogP contribution in [0.25, 0.3) is 11.1 Å². The van der Waals surface area contributed by atoms with Gasteiger partial charge in [0.05, 0.1) is 18.7 Å². The molecule has 2 aliphatic heterocycles. The first-order valence-corrected chi connectivity index (χ1v) is 12.5. The molecule has 6 nitrogen and oxygen atoms in total. The minimum Gasteiger partial charge on any atom is -0.489 e. The monoisotopic (exact) mass is 491 g/mol. The Morgan fingerprint density at radius 2 is 2.09 bits per heavy atom. The molecule has 1 fully saturated rings. The molecular weight excluding hydrogens is 462 g/mol. The molecule has 0 aliphatic carbocycles.